The van der Waals surface area contributed by atoms with Gasteiger partial charge in [-0.2, -0.15) is 0 Å². The van der Waals surface area contributed by atoms with E-state index in [1.54, 1.807) is 6.20 Å². The Labute approximate surface area is 163 Å². The number of nitrogens with one attached hydrogen (secondary N) is 1. The van der Waals surface area contributed by atoms with Crippen LogP contribution < -0.4 is 10.1 Å². The molecule has 4 rings (SSSR count). The van der Waals surface area contributed by atoms with Crippen LogP contribution >= 0.6 is 0 Å². The molecule has 0 radical (unpaired) electrons. The Morgan fingerprint density at radius 3 is 2.61 bits per heavy atom. The van der Waals surface area contributed by atoms with E-state index < -0.39 is 5.91 Å². The molecule has 1 aromatic carbocycles. The van der Waals surface area contributed by atoms with Crippen molar-refractivity contribution in [3.8, 4) is 5.88 Å². The molecule has 7 nitrogen and oxygen atoms in total. The molecule has 7 heteroatoms. The van der Waals surface area contributed by atoms with E-state index in [1.807, 2.05) is 12.1 Å². The molecule has 1 aliphatic rings. The molecule has 0 aliphatic carbocycles. The van der Waals surface area contributed by atoms with Crippen molar-refractivity contribution in [2.24, 2.45) is 0 Å². The summed E-state index contributed by atoms with van der Waals surface area (Å²) in [5.74, 6) is 0.470. The fraction of sp³-hybridized carbons (Fsp3) is 0.286. The molecule has 1 N–H and O–H groups in total. The van der Waals surface area contributed by atoms with Gasteiger partial charge in [0.15, 0.2) is 0 Å². The van der Waals surface area contributed by atoms with E-state index in [0.717, 1.165) is 38.0 Å². The number of hydrogen-bond donors (Lipinski definition) is 1. The Hall–Kier alpha value is -3.19. The van der Waals surface area contributed by atoms with Crippen molar-refractivity contribution >= 4 is 11.7 Å². The fourth-order valence-corrected chi connectivity index (χ4v) is 3.42. The van der Waals surface area contributed by atoms with Crippen molar-refractivity contribution in [3.63, 3.8) is 0 Å². The Bertz CT molecular complexity index is 943. The van der Waals surface area contributed by atoms with Crippen LogP contribution in [0.15, 0.2) is 53.2 Å². The molecule has 0 unspecified atom stereocenters. The van der Waals surface area contributed by atoms with Crippen LogP contribution in [0.3, 0.4) is 0 Å². The molecule has 3 aromatic rings. The monoisotopic (exact) mass is 378 g/mol. The summed E-state index contributed by atoms with van der Waals surface area (Å²) in [5, 5.41) is 6.48. The van der Waals surface area contributed by atoms with E-state index in [-0.39, 0.29) is 11.6 Å². The lowest BCUT2D eigenvalue weighted by Crippen LogP contribution is -2.27. The third-order valence-corrected chi connectivity index (χ3v) is 4.95. The van der Waals surface area contributed by atoms with Crippen molar-refractivity contribution in [2.75, 3.05) is 25.5 Å². The predicted molar refractivity (Wildman–Crippen MR) is 104 cm³/mol. The summed E-state index contributed by atoms with van der Waals surface area (Å²) in [6.07, 6.45) is 3.71. The van der Waals surface area contributed by atoms with Crippen LogP contribution in [0.2, 0.25) is 0 Å². The molecule has 0 saturated carbocycles. The Morgan fingerprint density at radius 1 is 1.18 bits per heavy atom. The quantitative estimate of drug-likeness (QED) is 0.735. The summed E-state index contributed by atoms with van der Waals surface area (Å²) < 4.78 is 9.96. The topological polar surface area (TPSA) is 80.5 Å². The number of benzene rings is 1. The number of amides is 1. The smallest absolute Gasteiger partial charge is 0.295 e. The maximum atomic E-state index is 12.4. The maximum Gasteiger partial charge on any atom is 0.295 e. The van der Waals surface area contributed by atoms with Gasteiger partial charge in [-0.05, 0) is 35.2 Å². The minimum atomic E-state index is -0.404. The molecule has 28 heavy (non-hydrogen) atoms. The van der Waals surface area contributed by atoms with Gasteiger partial charge >= 0.3 is 0 Å². The highest BCUT2D eigenvalue weighted by Crippen LogP contribution is 2.20. The van der Waals surface area contributed by atoms with Gasteiger partial charge in [-0.25, -0.2) is 4.98 Å². The highest BCUT2D eigenvalue weighted by atomic mass is 16.5. The zero-order chi connectivity index (χ0) is 19.3. The molecular weight excluding hydrogens is 356 g/mol. The van der Waals surface area contributed by atoms with E-state index in [4.69, 9.17) is 9.26 Å². The van der Waals surface area contributed by atoms with Crippen LogP contribution in [0.4, 0.5) is 5.82 Å². The van der Waals surface area contributed by atoms with Crippen molar-refractivity contribution in [2.45, 2.75) is 19.4 Å². The number of anilines is 1. The SMILES string of the molecule is COc1cc(C(=O)Nc2ncccc2CN2CCc3ccccc3CC2)on1. The fourth-order valence-electron chi connectivity index (χ4n) is 3.42. The summed E-state index contributed by atoms with van der Waals surface area (Å²) in [6, 6.07) is 13.9. The third-order valence-electron chi connectivity index (χ3n) is 4.95. The number of fused-ring (bicyclic) bond motifs is 1. The van der Waals surface area contributed by atoms with Crippen LogP contribution in [0.25, 0.3) is 0 Å². The number of pyridine rings is 1. The molecule has 0 fully saturated rings. The van der Waals surface area contributed by atoms with E-state index >= 15 is 0 Å². The normalized spacial score (nSPS) is 14.2. The summed E-state index contributed by atoms with van der Waals surface area (Å²) in [4.78, 5) is 19.2. The third kappa shape index (κ3) is 4.04. The van der Waals surface area contributed by atoms with Crippen molar-refractivity contribution < 1.29 is 14.1 Å². The largest absolute Gasteiger partial charge is 0.479 e. The minimum Gasteiger partial charge on any atom is -0.479 e. The van der Waals surface area contributed by atoms with Crippen molar-refractivity contribution in [1.29, 1.82) is 0 Å². The van der Waals surface area contributed by atoms with E-state index in [2.05, 4.69) is 44.6 Å². The van der Waals surface area contributed by atoms with Gasteiger partial charge in [0, 0.05) is 31.4 Å². The minimum absolute atomic E-state index is 0.0821. The molecule has 3 heterocycles. The van der Waals surface area contributed by atoms with Crippen LogP contribution in [0.1, 0.15) is 27.2 Å². The molecule has 1 amide bonds. The maximum absolute atomic E-state index is 12.4. The number of carbonyl (C=O) groups excluding carboxylic acids is 1. The Balaban J connectivity index is 1.45. The van der Waals surface area contributed by atoms with Gasteiger partial charge in [-0.3, -0.25) is 9.69 Å². The number of carbonyl (C=O) groups is 1. The average Bonchev–Trinajstić information content (AvgIpc) is 3.12. The first kappa shape index (κ1) is 18.2. The van der Waals surface area contributed by atoms with Gasteiger partial charge in [0.25, 0.3) is 11.8 Å². The second-order valence-corrected chi connectivity index (χ2v) is 6.74. The molecule has 0 bridgehead atoms. The highest BCUT2D eigenvalue weighted by Gasteiger charge is 2.18. The number of hydrogen-bond acceptors (Lipinski definition) is 6. The summed E-state index contributed by atoms with van der Waals surface area (Å²) >= 11 is 0. The zero-order valence-electron chi connectivity index (χ0n) is 15.7. The number of aromatic nitrogens is 2. The number of methoxy groups -OCH3 is 1. The Morgan fingerprint density at radius 2 is 1.93 bits per heavy atom. The van der Waals surface area contributed by atoms with Crippen LogP contribution in [0, 0.1) is 0 Å². The predicted octanol–water partition coefficient (Wildman–Crippen LogP) is 2.93. The van der Waals surface area contributed by atoms with Crippen LogP contribution in [-0.4, -0.2) is 41.1 Å². The number of rotatable bonds is 5. The molecule has 0 spiro atoms. The first-order chi connectivity index (χ1) is 13.7. The van der Waals surface area contributed by atoms with Gasteiger partial charge in [-0.1, -0.05) is 30.3 Å². The molecule has 2 aromatic heterocycles. The first-order valence-corrected chi connectivity index (χ1v) is 9.28. The van der Waals surface area contributed by atoms with Gasteiger partial charge in [0.05, 0.1) is 13.2 Å². The second kappa shape index (κ2) is 8.22. The second-order valence-electron chi connectivity index (χ2n) is 6.74. The summed E-state index contributed by atoms with van der Waals surface area (Å²) in [6.45, 7) is 2.66. The lowest BCUT2D eigenvalue weighted by Gasteiger charge is -2.21. The van der Waals surface area contributed by atoms with Crippen LogP contribution in [-0.2, 0) is 19.4 Å². The molecule has 0 saturated heterocycles. The molecule has 1 aliphatic heterocycles. The van der Waals surface area contributed by atoms with E-state index in [9.17, 15) is 4.79 Å². The van der Waals surface area contributed by atoms with Gasteiger partial charge in [0.1, 0.15) is 5.82 Å². The van der Waals surface area contributed by atoms with Gasteiger partial charge in [0.2, 0.25) is 5.76 Å². The Kier molecular flexibility index (Phi) is 5.34. The standard InChI is InChI=1S/C21H22N4O3/c1-27-19-13-18(28-24-19)21(26)23-20-17(7-4-10-22-20)14-25-11-8-15-5-2-3-6-16(15)9-12-25/h2-7,10,13H,8-9,11-12,14H2,1H3,(H,22,23,26). The number of nitrogens with zero attached hydrogens (tertiary/aromatic N) is 3. The first-order valence-electron chi connectivity index (χ1n) is 9.28. The average molecular weight is 378 g/mol. The van der Waals surface area contributed by atoms with Crippen LogP contribution in [0.5, 0.6) is 5.88 Å². The van der Waals surface area contributed by atoms with E-state index in [0.29, 0.717) is 5.82 Å². The van der Waals surface area contributed by atoms with Crippen molar-refractivity contribution in [3.05, 3.63) is 71.1 Å². The lowest BCUT2D eigenvalue weighted by atomic mass is 10.0. The summed E-state index contributed by atoms with van der Waals surface area (Å²) in [7, 11) is 1.47. The van der Waals surface area contributed by atoms with Crippen molar-refractivity contribution in [1.82, 2.24) is 15.0 Å². The number of ether oxygens (including phenoxy) is 1. The molecule has 0 atom stereocenters. The van der Waals surface area contributed by atoms with Gasteiger partial charge in [-0.15, -0.1) is 0 Å². The lowest BCUT2D eigenvalue weighted by molar-refractivity contribution is 0.0987. The highest BCUT2D eigenvalue weighted by molar-refractivity contribution is 6.02. The molecular formula is C21H22N4O3. The summed E-state index contributed by atoms with van der Waals surface area (Å²) in [5.41, 5.74) is 3.81. The molecule has 144 valence electrons. The van der Waals surface area contributed by atoms with E-state index in [1.165, 1.54) is 24.3 Å². The van der Waals surface area contributed by atoms with Gasteiger partial charge < -0.3 is 14.6 Å². The zero-order valence-corrected chi connectivity index (χ0v) is 15.7.